The summed E-state index contributed by atoms with van der Waals surface area (Å²) in [5, 5.41) is 9.49. The molecule has 0 aromatic rings. The lowest BCUT2D eigenvalue weighted by Crippen LogP contribution is -2.43. The fraction of sp³-hybridized carbons (Fsp3) is 0.200. The highest BCUT2D eigenvalue weighted by Gasteiger charge is 2.38. The van der Waals surface area contributed by atoms with Crippen LogP contribution in [-0.4, -0.2) is 35.2 Å². The minimum absolute atomic E-state index is 0.153. The number of hydrogen-bond acceptors (Lipinski definition) is 6. The molecule has 0 saturated carbocycles. The van der Waals surface area contributed by atoms with Crippen LogP contribution in [0, 0.1) is 0 Å². The third-order valence-electron chi connectivity index (χ3n) is 1.42. The molecule has 0 aliphatic carbocycles. The zero-order valence-corrected chi connectivity index (χ0v) is 5.47. The maximum atomic E-state index is 9.49. The highest BCUT2D eigenvalue weighted by molar-refractivity contribution is 6.47. The van der Waals surface area contributed by atoms with Crippen molar-refractivity contribution in [3.8, 4) is 0 Å². The molecule has 2 rings (SSSR count). The summed E-state index contributed by atoms with van der Waals surface area (Å²) in [7, 11) is 0. The van der Waals surface area contributed by atoms with Gasteiger partial charge in [-0.15, -0.1) is 0 Å². The van der Waals surface area contributed by atoms with Crippen molar-refractivity contribution in [2.45, 2.75) is 5.85 Å². The van der Waals surface area contributed by atoms with Gasteiger partial charge in [0.05, 0.1) is 0 Å². The van der Waals surface area contributed by atoms with Gasteiger partial charge >= 0.3 is 5.85 Å². The largest absolute Gasteiger partial charge is 0.382 e. The lowest BCUT2D eigenvalue weighted by atomic mass is 10.2. The molecule has 11 heavy (non-hydrogen) atoms. The Morgan fingerprint density at radius 1 is 1.27 bits per heavy atom. The highest BCUT2D eigenvalue weighted by atomic mass is 16.3. The smallest absolute Gasteiger partial charge is 0.306 e. The minimum atomic E-state index is -1.61. The summed E-state index contributed by atoms with van der Waals surface area (Å²) in [6, 6.07) is 0. The van der Waals surface area contributed by atoms with Gasteiger partial charge in [-0.3, -0.25) is 0 Å². The molecular formula is C5H5N5O. The van der Waals surface area contributed by atoms with Gasteiger partial charge in [0.25, 0.3) is 0 Å². The van der Waals surface area contributed by atoms with Gasteiger partial charge in [0, 0.05) is 0 Å². The lowest BCUT2D eigenvalue weighted by molar-refractivity contribution is 0.138. The third kappa shape index (κ3) is 0.695. The van der Waals surface area contributed by atoms with E-state index in [2.05, 4.69) is 20.0 Å². The van der Waals surface area contributed by atoms with Gasteiger partial charge in [-0.25, -0.2) is 20.0 Å². The maximum absolute atomic E-state index is 9.49. The molecule has 3 N–H and O–H groups in total. The number of aliphatic imine (C=N–C) groups is 4. The number of rotatable bonds is 0. The van der Waals surface area contributed by atoms with Gasteiger partial charge in [0.15, 0.2) is 11.5 Å². The van der Waals surface area contributed by atoms with Crippen LogP contribution < -0.4 is 5.73 Å². The zero-order chi connectivity index (χ0) is 7.90. The number of fused-ring (bicyclic) bond motifs is 1. The Kier molecular flexibility index (Phi) is 0.970. The molecule has 0 amide bonds. The summed E-state index contributed by atoms with van der Waals surface area (Å²) in [6.07, 6.45) is 2.37. The van der Waals surface area contributed by atoms with Crippen molar-refractivity contribution in [3.63, 3.8) is 0 Å². The molecule has 1 unspecified atom stereocenters. The predicted molar refractivity (Wildman–Crippen MR) is 41.0 cm³/mol. The molecule has 0 bridgehead atoms. The first-order valence-corrected chi connectivity index (χ1v) is 2.94. The number of nitrogens with two attached hydrogens (primary N) is 1. The van der Waals surface area contributed by atoms with E-state index in [1.165, 1.54) is 6.34 Å². The maximum Gasteiger partial charge on any atom is 0.306 e. The second-order valence-electron chi connectivity index (χ2n) is 2.12. The van der Waals surface area contributed by atoms with E-state index in [9.17, 15) is 5.11 Å². The van der Waals surface area contributed by atoms with Gasteiger partial charge in [-0.2, -0.15) is 0 Å². The lowest BCUT2D eigenvalue weighted by Gasteiger charge is -2.17. The Hall–Kier alpha value is -1.56. The van der Waals surface area contributed by atoms with Crippen molar-refractivity contribution >= 4 is 24.2 Å². The summed E-state index contributed by atoms with van der Waals surface area (Å²) in [4.78, 5) is 14.6. The monoisotopic (exact) mass is 151 g/mol. The normalized spacial score (nSPS) is 33.2. The Labute approximate surface area is 61.9 Å². The summed E-state index contributed by atoms with van der Waals surface area (Å²) in [5.41, 5.74) is 5.59. The molecule has 2 aliphatic rings. The summed E-state index contributed by atoms with van der Waals surface area (Å²) >= 11 is 0. The fourth-order valence-corrected chi connectivity index (χ4v) is 0.880. The zero-order valence-electron chi connectivity index (χ0n) is 5.47. The third-order valence-corrected chi connectivity index (χ3v) is 1.42. The first kappa shape index (κ1) is 6.17. The van der Waals surface area contributed by atoms with E-state index in [4.69, 9.17) is 5.73 Å². The molecule has 0 fully saturated rings. The van der Waals surface area contributed by atoms with Crippen molar-refractivity contribution in [2.75, 3.05) is 0 Å². The van der Waals surface area contributed by atoms with E-state index in [0.717, 1.165) is 6.34 Å². The molecule has 1 atom stereocenters. The fourth-order valence-electron chi connectivity index (χ4n) is 0.880. The Balaban J connectivity index is 2.53. The van der Waals surface area contributed by atoms with Crippen molar-refractivity contribution < 1.29 is 5.11 Å². The first-order valence-electron chi connectivity index (χ1n) is 2.94. The second-order valence-corrected chi connectivity index (χ2v) is 2.12. The predicted octanol–water partition coefficient (Wildman–Crippen LogP) is -1.49. The molecule has 6 nitrogen and oxygen atoms in total. The van der Waals surface area contributed by atoms with Crippen molar-refractivity contribution in [1.82, 2.24) is 0 Å². The minimum Gasteiger partial charge on any atom is -0.382 e. The Morgan fingerprint density at radius 2 is 1.91 bits per heavy atom. The van der Waals surface area contributed by atoms with Crippen LogP contribution >= 0.6 is 0 Å². The number of amidine groups is 1. The molecule has 0 radical (unpaired) electrons. The van der Waals surface area contributed by atoms with Crippen molar-refractivity contribution in [1.29, 1.82) is 0 Å². The SMILES string of the molecule is NC1=NC=NC2(O)N=CN=C12. The molecular weight excluding hydrogens is 146 g/mol. The van der Waals surface area contributed by atoms with Crippen LogP contribution in [0.3, 0.4) is 0 Å². The number of aliphatic hydroxyl groups is 1. The highest BCUT2D eigenvalue weighted by Crippen LogP contribution is 2.17. The van der Waals surface area contributed by atoms with Gasteiger partial charge in [-0.1, -0.05) is 0 Å². The van der Waals surface area contributed by atoms with Gasteiger partial charge in [0.1, 0.15) is 12.7 Å². The van der Waals surface area contributed by atoms with Crippen LogP contribution in [0.4, 0.5) is 0 Å². The van der Waals surface area contributed by atoms with Gasteiger partial charge < -0.3 is 10.8 Å². The summed E-state index contributed by atoms with van der Waals surface area (Å²) < 4.78 is 0. The summed E-state index contributed by atoms with van der Waals surface area (Å²) in [5.74, 6) is -1.45. The molecule has 0 saturated heterocycles. The Morgan fingerprint density at radius 3 is 2.55 bits per heavy atom. The van der Waals surface area contributed by atoms with E-state index in [-0.39, 0.29) is 11.5 Å². The average Bonchev–Trinajstić information content (AvgIpc) is 2.31. The summed E-state index contributed by atoms with van der Waals surface area (Å²) in [6.45, 7) is 0. The molecule has 0 aromatic carbocycles. The van der Waals surface area contributed by atoms with Crippen LogP contribution in [0.15, 0.2) is 20.0 Å². The van der Waals surface area contributed by atoms with Crippen molar-refractivity contribution in [3.05, 3.63) is 0 Å². The molecule has 6 heteroatoms. The van der Waals surface area contributed by atoms with E-state index in [0.29, 0.717) is 0 Å². The van der Waals surface area contributed by atoms with E-state index < -0.39 is 5.85 Å². The van der Waals surface area contributed by atoms with Gasteiger partial charge in [0.2, 0.25) is 0 Å². The quantitative estimate of drug-likeness (QED) is 0.441. The van der Waals surface area contributed by atoms with Crippen LogP contribution in [0.25, 0.3) is 0 Å². The van der Waals surface area contributed by atoms with Crippen molar-refractivity contribution in [2.24, 2.45) is 25.7 Å². The van der Waals surface area contributed by atoms with E-state index in [1.807, 2.05) is 0 Å². The van der Waals surface area contributed by atoms with E-state index >= 15 is 0 Å². The standard InChI is InChI=1S/C5H5N5O/c6-4-3-5(11,9-1-7-3)10-2-8-4/h1-2,11H,(H2,6,8,10). The second kappa shape index (κ2) is 1.73. The average molecular weight is 151 g/mol. The van der Waals surface area contributed by atoms with Crippen LogP contribution in [0.1, 0.15) is 0 Å². The van der Waals surface area contributed by atoms with E-state index in [1.54, 1.807) is 0 Å². The molecule has 2 aliphatic heterocycles. The van der Waals surface area contributed by atoms with Crippen LogP contribution in [-0.2, 0) is 0 Å². The Bertz CT molecular complexity index is 315. The molecule has 2 heterocycles. The van der Waals surface area contributed by atoms with Crippen LogP contribution in [0.2, 0.25) is 0 Å². The van der Waals surface area contributed by atoms with Crippen LogP contribution in [0.5, 0.6) is 0 Å². The molecule has 56 valence electrons. The topological polar surface area (TPSA) is 95.7 Å². The first-order chi connectivity index (χ1) is 5.22. The molecule has 0 aromatic heterocycles. The number of hydrogen-bond donors (Lipinski definition) is 2. The van der Waals surface area contributed by atoms with Gasteiger partial charge in [-0.05, 0) is 0 Å². The number of nitrogens with zero attached hydrogens (tertiary/aromatic N) is 4. The molecule has 0 spiro atoms.